The summed E-state index contributed by atoms with van der Waals surface area (Å²) in [5.41, 5.74) is 1.21. The highest BCUT2D eigenvalue weighted by Gasteiger charge is 2.20. The summed E-state index contributed by atoms with van der Waals surface area (Å²) < 4.78 is 5.20. The lowest BCUT2D eigenvalue weighted by molar-refractivity contribution is -0.150. The molecule has 14 heavy (non-hydrogen) atoms. The van der Waals surface area contributed by atoms with Crippen molar-refractivity contribution in [3.8, 4) is 0 Å². The smallest absolute Gasteiger partial charge is 0.306 e. The van der Waals surface area contributed by atoms with Crippen LogP contribution in [0.3, 0.4) is 0 Å². The van der Waals surface area contributed by atoms with E-state index in [1.54, 1.807) is 0 Å². The summed E-state index contributed by atoms with van der Waals surface area (Å²) in [6.07, 6.45) is 4.22. The number of benzene rings is 1. The van der Waals surface area contributed by atoms with Crippen LogP contribution < -0.4 is 0 Å². The number of ether oxygens (including phenoxy) is 1. The molecule has 1 heterocycles. The third-order valence-electron chi connectivity index (χ3n) is 2.34. The first kappa shape index (κ1) is 9.25. The van der Waals surface area contributed by atoms with Crippen LogP contribution in [-0.4, -0.2) is 12.1 Å². The molecule has 1 aromatic rings. The summed E-state index contributed by atoms with van der Waals surface area (Å²) in [7, 11) is 0. The van der Waals surface area contributed by atoms with E-state index in [1.807, 2.05) is 18.2 Å². The summed E-state index contributed by atoms with van der Waals surface area (Å²) in [5, 5.41) is 0. The summed E-state index contributed by atoms with van der Waals surface area (Å²) >= 11 is 0. The van der Waals surface area contributed by atoms with Gasteiger partial charge in [-0.05, 0) is 12.0 Å². The van der Waals surface area contributed by atoms with Gasteiger partial charge in [0.1, 0.15) is 6.10 Å². The molecular formula is C12H13O2. The Morgan fingerprint density at radius 1 is 1.29 bits per heavy atom. The van der Waals surface area contributed by atoms with Crippen molar-refractivity contribution in [2.45, 2.75) is 25.4 Å². The fourth-order valence-corrected chi connectivity index (χ4v) is 1.63. The van der Waals surface area contributed by atoms with E-state index in [0.717, 1.165) is 12.8 Å². The molecule has 2 rings (SSSR count). The van der Waals surface area contributed by atoms with Crippen LogP contribution in [0.5, 0.6) is 0 Å². The number of hydrogen-bond acceptors (Lipinski definition) is 2. The minimum Gasteiger partial charge on any atom is -0.462 e. The highest BCUT2D eigenvalue weighted by atomic mass is 16.5. The second-order valence-corrected chi connectivity index (χ2v) is 3.49. The van der Waals surface area contributed by atoms with Gasteiger partial charge >= 0.3 is 5.97 Å². The first-order chi connectivity index (χ1) is 6.84. The molecule has 73 valence electrons. The zero-order valence-corrected chi connectivity index (χ0v) is 7.98. The second-order valence-electron chi connectivity index (χ2n) is 3.49. The van der Waals surface area contributed by atoms with Crippen molar-refractivity contribution in [3.05, 3.63) is 42.3 Å². The molecule has 1 unspecified atom stereocenters. The summed E-state index contributed by atoms with van der Waals surface area (Å²) in [4.78, 5) is 11.0. The molecule has 1 radical (unpaired) electrons. The first-order valence-corrected chi connectivity index (χ1v) is 4.91. The molecule has 0 saturated carbocycles. The van der Waals surface area contributed by atoms with E-state index in [9.17, 15) is 4.79 Å². The van der Waals surface area contributed by atoms with E-state index < -0.39 is 0 Å². The number of cyclic esters (lactones) is 1. The van der Waals surface area contributed by atoms with E-state index in [4.69, 9.17) is 4.74 Å². The summed E-state index contributed by atoms with van der Waals surface area (Å²) in [6.45, 7) is 0. The lowest BCUT2D eigenvalue weighted by atomic mass is 10.0. The molecule has 2 nitrogen and oxygen atoms in total. The minimum atomic E-state index is -0.0755. The Morgan fingerprint density at radius 2 is 2.07 bits per heavy atom. The summed E-state index contributed by atoms with van der Waals surface area (Å²) in [6, 6.07) is 10.1. The molecule has 1 atom stereocenters. The van der Waals surface area contributed by atoms with Gasteiger partial charge in [-0.1, -0.05) is 30.3 Å². The Bertz CT molecular complexity index is 305. The summed E-state index contributed by atoms with van der Waals surface area (Å²) in [5.74, 6) is -0.0755. The van der Waals surface area contributed by atoms with Crippen LogP contribution in [0.2, 0.25) is 0 Å². The number of carbonyl (C=O) groups excluding carboxylic acids is 1. The van der Waals surface area contributed by atoms with E-state index in [-0.39, 0.29) is 12.1 Å². The molecule has 1 saturated heterocycles. The first-order valence-electron chi connectivity index (χ1n) is 4.91. The third kappa shape index (κ3) is 2.34. The van der Waals surface area contributed by atoms with E-state index in [1.165, 1.54) is 5.56 Å². The molecule has 2 heteroatoms. The van der Waals surface area contributed by atoms with Crippen LogP contribution in [-0.2, 0) is 16.0 Å². The van der Waals surface area contributed by atoms with Crippen LogP contribution in [0, 0.1) is 6.42 Å². The van der Waals surface area contributed by atoms with Gasteiger partial charge in [-0.25, -0.2) is 0 Å². The molecule has 1 aliphatic heterocycles. The minimum absolute atomic E-state index is 0.0290. The van der Waals surface area contributed by atoms with Crippen molar-refractivity contribution in [3.63, 3.8) is 0 Å². The molecule has 0 aliphatic carbocycles. The number of rotatable bonds is 2. The fraction of sp³-hybridized carbons (Fsp3) is 0.333. The molecule has 0 amide bonds. The fourth-order valence-electron chi connectivity index (χ4n) is 1.63. The van der Waals surface area contributed by atoms with Crippen LogP contribution in [0.4, 0.5) is 0 Å². The van der Waals surface area contributed by atoms with Gasteiger partial charge in [-0.3, -0.25) is 4.79 Å². The maximum absolute atomic E-state index is 11.0. The Morgan fingerprint density at radius 3 is 2.79 bits per heavy atom. The van der Waals surface area contributed by atoms with Gasteiger partial charge in [-0.15, -0.1) is 0 Å². The van der Waals surface area contributed by atoms with Crippen LogP contribution in [0.25, 0.3) is 0 Å². The monoisotopic (exact) mass is 189 g/mol. The van der Waals surface area contributed by atoms with Crippen LogP contribution in [0.1, 0.15) is 18.4 Å². The van der Waals surface area contributed by atoms with Gasteiger partial charge in [0.05, 0.1) is 0 Å². The van der Waals surface area contributed by atoms with Crippen LogP contribution in [0.15, 0.2) is 30.3 Å². The largest absolute Gasteiger partial charge is 0.462 e. The predicted octanol–water partition coefficient (Wildman–Crippen LogP) is 2.14. The molecule has 0 spiro atoms. The highest BCUT2D eigenvalue weighted by Crippen LogP contribution is 2.16. The van der Waals surface area contributed by atoms with Crippen molar-refractivity contribution in [2.75, 3.05) is 0 Å². The van der Waals surface area contributed by atoms with Gasteiger partial charge < -0.3 is 4.74 Å². The molecule has 1 fully saturated rings. The SMILES string of the molecule is O=C1CC[CH]C(Cc2ccccc2)O1. The van der Waals surface area contributed by atoms with Crippen molar-refractivity contribution in [2.24, 2.45) is 0 Å². The lowest BCUT2D eigenvalue weighted by Gasteiger charge is -2.21. The Kier molecular flexibility index (Phi) is 2.82. The van der Waals surface area contributed by atoms with Gasteiger partial charge in [0.15, 0.2) is 0 Å². The number of esters is 1. The lowest BCUT2D eigenvalue weighted by Crippen LogP contribution is -2.25. The van der Waals surface area contributed by atoms with Gasteiger partial charge in [0, 0.05) is 19.3 Å². The third-order valence-corrected chi connectivity index (χ3v) is 2.34. The quantitative estimate of drug-likeness (QED) is 0.666. The molecule has 1 aliphatic rings. The molecule has 0 bridgehead atoms. The normalized spacial score (nSPS) is 21.7. The Labute approximate surface area is 83.9 Å². The van der Waals surface area contributed by atoms with Crippen LogP contribution >= 0.6 is 0 Å². The molecule has 0 N–H and O–H groups in total. The Balaban J connectivity index is 1.94. The van der Waals surface area contributed by atoms with Crippen molar-refractivity contribution < 1.29 is 9.53 Å². The Hall–Kier alpha value is -1.31. The molecule has 1 aromatic carbocycles. The van der Waals surface area contributed by atoms with Crippen molar-refractivity contribution in [1.29, 1.82) is 0 Å². The topological polar surface area (TPSA) is 26.3 Å². The molecule has 0 aromatic heterocycles. The van der Waals surface area contributed by atoms with Gasteiger partial charge in [-0.2, -0.15) is 0 Å². The maximum Gasteiger partial charge on any atom is 0.306 e. The average Bonchev–Trinajstić information content (AvgIpc) is 2.19. The van der Waals surface area contributed by atoms with Crippen molar-refractivity contribution in [1.82, 2.24) is 0 Å². The van der Waals surface area contributed by atoms with E-state index in [2.05, 4.69) is 18.6 Å². The number of carbonyl (C=O) groups is 1. The van der Waals surface area contributed by atoms with Gasteiger partial charge in [0.25, 0.3) is 0 Å². The van der Waals surface area contributed by atoms with Gasteiger partial charge in [0.2, 0.25) is 0 Å². The maximum atomic E-state index is 11.0. The zero-order chi connectivity index (χ0) is 9.80. The number of hydrogen-bond donors (Lipinski definition) is 0. The molecular weight excluding hydrogens is 176 g/mol. The van der Waals surface area contributed by atoms with Crippen molar-refractivity contribution >= 4 is 5.97 Å². The second kappa shape index (κ2) is 4.27. The van der Waals surface area contributed by atoms with E-state index >= 15 is 0 Å². The zero-order valence-electron chi connectivity index (χ0n) is 7.98. The highest BCUT2D eigenvalue weighted by molar-refractivity contribution is 5.70. The standard InChI is InChI=1S/C12H13O2/c13-12-8-4-7-11(14-12)9-10-5-2-1-3-6-10/h1-3,5-7,11H,4,8-9H2. The van der Waals surface area contributed by atoms with E-state index in [0.29, 0.717) is 6.42 Å². The average molecular weight is 189 g/mol. The predicted molar refractivity (Wildman–Crippen MR) is 53.6 cm³/mol.